The zero-order chi connectivity index (χ0) is 14.4. The summed E-state index contributed by atoms with van der Waals surface area (Å²) in [6.45, 7) is 3.82. The number of benzene rings is 1. The average Bonchev–Trinajstić information content (AvgIpc) is 2.37. The molecule has 102 valence electrons. The molecule has 19 heavy (non-hydrogen) atoms. The fraction of sp³-hybridized carbons (Fsp3) is 0.267. The van der Waals surface area contributed by atoms with Gasteiger partial charge >= 0.3 is 0 Å². The van der Waals surface area contributed by atoms with Crippen molar-refractivity contribution in [3.05, 3.63) is 58.1 Å². The second-order valence-electron chi connectivity index (χ2n) is 4.18. The molecule has 1 aromatic rings. The van der Waals surface area contributed by atoms with Gasteiger partial charge in [-0.2, -0.15) is 0 Å². The van der Waals surface area contributed by atoms with Gasteiger partial charge in [-0.05, 0) is 31.5 Å². The van der Waals surface area contributed by atoms with E-state index in [1.54, 1.807) is 30.2 Å². The third kappa shape index (κ3) is 4.41. The van der Waals surface area contributed by atoms with Gasteiger partial charge < -0.3 is 4.90 Å². The third-order valence-corrected chi connectivity index (χ3v) is 3.45. The number of nitrogens with zero attached hydrogens (tertiary/aromatic N) is 1. The van der Waals surface area contributed by atoms with E-state index in [2.05, 4.69) is 0 Å². The average molecular weight is 298 g/mol. The van der Waals surface area contributed by atoms with E-state index >= 15 is 0 Å². The van der Waals surface area contributed by atoms with Crippen molar-refractivity contribution in [1.29, 1.82) is 0 Å². The maximum atomic E-state index is 11.9. The van der Waals surface area contributed by atoms with Crippen molar-refractivity contribution in [2.75, 3.05) is 7.05 Å². The van der Waals surface area contributed by atoms with Gasteiger partial charge in [0.2, 0.25) is 5.91 Å². The highest BCUT2D eigenvalue weighted by atomic mass is 35.5. The van der Waals surface area contributed by atoms with Gasteiger partial charge in [0.1, 0.15) is 0 Å². The number of amides is 1. The summed E-state index contributed by atoms with van der Waals surface area (Å²) < 4.78 is 0. The molecule has 0 aliphatic rings. The molecule has 0 radical (unpaired) electrons. The van der Waals surface area contributed by atoms with Crippen molar-refractivity contribution in [1.82, 2.24) is 4.90 Å². The Kier molecular flexibility index (Phi) is 6.13. The number of hydrogen-bond donors (Lipinski definition) is 0. The molecular formula is C15H17Cl2NO. The lowest BCUT2D eigenvalue weighted by Crippen LogP contribution is -2.28. The second kappa shape index (κ2) is 7.37. The third-order valence-electron chi connectivity index (χ3n) is 2.88. The quantitative estimate of drug-likeness (QED) is 0.585. The second-order valence-corrected chi connectivity index (χ2v) is 5.02. The van der Waals surface area contributed by atoms with Gasteiger partial charge in [0.05, 0.1) is 6.04 Å². The summed E-state index contributed by atoms with van der Waals surface area (Å²) in [4.78, 5) is 13.6. The van der Waals surface area contributed by atoms with Crippen molar-refractivity contribution in [3.8, 4) is 0 Å². The van der Waals surface area contributed by atoms with Crippen LogP contribution in [0.2, 0.25) is 10.0 Å². The van der Waals surface area contributed by atoms with Crippen LogP contribution < -0.4 is 0 Å². The highest BCUT2D eigenvalue weighted by Crippen LogP contribution is 2.29. The number of likely N-dealkylation sites (N-methyl/N-ethyl adjacent to an activating group) is 1. The minimum Gasteiger partial charge on any atom is -0.335 e. The van der Waals surface area contributed by atoms with Gasteiger partial charge in [-0.1, -0.05) is 47.5 Å². The first kappa shape index (κ1) is 15.8. The zero-order valence-electron chi connectivity index (χ0n) is 11.2. The summed E-state index contributed by atoms with van der Waals surface area (Å²) in [5, 5.41) is 1.15. The molecule has 0 aromatic heterocycles. The van der Waals surface area contributed by atoms with Crippen LogP contribution in [0.4, 0.5) is 0 Å². The molecule has 0 aliphatic heterocycles. The van der Waals surface area contributed by atoms with Crippen LogP contribution >= 0.6 is 23.2 Å². The smallest absolute Gasteiger partial charge is 0.246 e. The Morgan fingerprint density at radius 3 is 2.58 bits per heavy atom. The van der Waals surface area contributed by atoms with E-state index in [1.807, 2.05) is 32.1 Å². The van der Waals surface area contributed by atoms with E-state index in [1.165, 1.54) is 6.08 Å². The number of carbonyl (C=O) groups is 1. The van der Waals surface area contributed by atoms with Gasteiger partial charge in [0.15, 0.2) is 0 Å². The first-order valence-corrected chi connectivity index (χ1v) is 6.74. The molecule has 0 fully saturated rings. The number of rotatable bonds is 4. The van der Waals surface area contributed by atoms with Gasteiger partial charge in [0.25, 0.3) is 0 Å². The van der Waals surface area contributed by atoms with Gasteiger partial charge in [-0.15, -0.1) is 0 Å². The molecule has 1 rings (SSSR count). The molecule has 0 N–H and O–H groups in total. The summed E-state index contributed by atoms with van der Waals surface area (Å²) >= 11 is 12.0. The minimum absolute atomic E-state index is 0.0726. The predicted octanol–water partition coefficient (Wildman–Crippen LogP) is 4.65. The molecule has 0 bridgehead atoms. The molecular weight excluding hydrogens is 281 g/mol. The van der Waals surface area contributed by atoms with Crippen molar-refractivity contribution in [2.45, 2.75) is 19.9 Å². The molecule has 1 aromatic carbocycles. The largest absolute Gasteiger partial charge is 0.335 e. The molecule has 1 amide bonds. The summed E-state index contributed by atoms with van der Waals surface area (Å²) in [5.74, 6) is -0.0726. The van der Waals surface area contributed by atoms with Crippen LogP contribution in [0.15, 0.2) is 42.5 Å². The molecule has 2 nitrogen and oxygen atoms in total. The number of halogens is 2. The summed E-state index contributed by atoms with van der Waals surface area (Å²) in [7, 11) is 1.75. The van der Waals surface area contributed by atoms with Gasteiger partial charge in [0, 0.05) is 23.2 Å². The fourth-order valence-corrected chi connectivity index (χ4v) is 2.17. The Bertz CT molecular complexity index is 509. The van der Waals surface area contributed by atoms with Gasteiger partial charge in [-0.25, -0.2) is 0 Å². The van der Waals surface area contributed by atoms with Crippen molar-refractivity contribution < 1.29 is 4.79 Å². The number of allylic oxidation sites excluding steroid dienone is 3. The highest BCUT2D eigenvalue weighted by molar-refractivity contribution is 6.35. The van der Waals surface area contributed by atoms with Crippen molar-refractivity contribution in [2.24, 2.45) is 0 Å². The normalized spacial score (nSPS) is 13.1. The van der Waals surface area contributed by atoms with Crippen LogP contribution in [0.5, 0.6) is 0 Å². The standard InChI is InChI=1S/C15H17Cl2NO/c1-4-5-6-7-15(19)18(3)11(2)13-9-8-12(16)10-14(13)17/h4-11H,1-3H3/b5-4+,7-6+. The lowest BCUT2D eigenvalue weighted by Gasteiger charge is -2.25. The molecule has 4 heteroatoms. The van der Waals surface area contributed by atoms with Crippen LogP contribution in [0.25, 0.3) is 0 Å². The van der Waals surface area contributed by atoms with E-state index in [9.17, 15) is 4.79 Å². The van der Waals surface area contributed by atoms with E-state index < -0.39 is 0 Å². The van der Waals surface area contributed by atoms with Crippen LogP contribution in [-0.4, -0.2) is 17.9 Å². The number of carbonyl (C=O) groups excluding carboxylic acids is 1. The van der Waals surface area contributed by atoms with Crippen LogP contribution in [0.3, 0.4) is 0 Å². The van der Waals surface area contributed by atoms with Gasteiger partial charge in [-0.3, -0.25) is 4.79 Å². The highest BCUT2D eigenvalue weighted by Gasteiger charge is 2.17. The first-order valence-electron chi connectivity index (χ1n) is 5.98. The van der Waals surface area contributed by atoms with E-state index in [0.717, 1.165) is 5.56 Å². The van der Waals surface area contributed by atoms with Crippen molar-refractivity contribution >= 4 is 29.1 Å². The molecule has 0 saturated heterocycles. The Labute approximate surface area is 124 Å². The molecule has 0 heterocycles. The molecule has 1 unspecified atom stereocenters. The molecule has 0 aliphatic carbocycles. The Balaban J connectivity index is 2.87. The SMILES string of the molecule is C/C=C/C=C/C(=O)N(C)C(C)c1ccc(Cl)cc1Cl. The Morgan fingerprint density at radius 1 is 1.32 bits per heavy atom. The van der Waals surface area contributed by atoms with Crippen LogP contribution in [0.1, 0.15) is 25.5 Å². The molecule has 0 spiro atoms. The monoisotopic (exact) mass is 297 g/mol. The first-order chi connectivity index (χ1) is 8.97. The van der Waals surface area contributed by atoms with E-state index in [0.29, 0.717) is 10.0 Å². The lowest BCUT2D eigenvalue weighted by molar-refractivity contribution is -0.126. The number of hydrogen-bond acceptors (Lipinski definition) is 1. The maximum absolute atomic E-state index is 11.9. The molecule has 1 atom stereocenters. The van der Waals surface area contributed by atoms with Crippen LogP contribution in [-0.2, 0) is 4.79 Å². The zero-order valence-corrected chi connectivity index (χ0v) is 12.7. The maximum Gasteiger partial charge on any atom is 0.246 e. The Hall–Kier alpha value is -1.25. The summed E-state index contributed by atoms with van der Waals surface area (Å²) in [5.41, 5.74) is 0.876. The summed E-state index contributed by atoms with van der Waals surface area (Å²) in [6.07, 6.45) is 6.92. The van der Waals surface area contributed by atoms with Crippen LogP contribution in [0, 0.1) is 0 Å². The lowest BCUT2D eigenvalue weighted by atomic mass is 10.1. The van der Waals surface area contributed by atoms with E-state index in [-0.39, 0.29) is 11.9 Å². The predicted molar refractivity (Wildman–Crippen MR) is 81.6 cm³/mol. The fourth-order valence-electron chi connectivity index (χ4n) is 1.61. The minimum atomic E-state index is -0.118. The summed E-state index contributed by atoms with van der Waals surface area (Å²) in [6, 6.07) is 5.18. The molecule has 0 saturated carbocycles. The Morgan fingerprint density at radius 2 is 2.00 bits per heavy atom. The topological polar surface area (TPSA) is 20.3 Å². The van der Waals surface area contributed by atoms with Crippen molar-refractivity contribution in [3.63, 3.8) is 0 Å². The van der Waals surface area contributed by atoms with E-state index in [4.69, 9.17) is 23.2 Å².